The quantitative estimate of drug-likeness (QED) is 0.897. The molecule has 1 N–H and O–H groups in total. The SMILES string of the molecule is CCC1(CNc2cc(Br)cc(C#N)c2)CCC1. The molecule has 0 bridgehead atoms. The van der Waals surface area contributed by atoms with Crippen LogP contribution in [0.25, 0.3) is 0 Å². The van der Waals surface area contributed by atoms with Crippen molar-refractivity contribution in [3.8, 4) is 6.07 Å². The Morgan fingerprint density at radius 1 is 1.41 bits per heavy atom. The van der Waals surface area contributed by atoms with Gasteiger partial charge in [0.15, 0.2) is 0 Å². The summed E-state index contributed by atoms with van der Waals surface area (Å²) < 4.78 is 0.957. The highest BCUT2D eigenvalue weighted by Crippen LogP contribution is 2.43. The van der Waals surface area contributed by atoms with Gasteiger partial charge < -0.3 is 5.32 Å². The fraction of sp³-hybridized carbons (Fsp3) is 0.500. The minimum Gasteiger partial charge on any atom is -0.384 e. The molecule has 0 heterocycles. The predicted molar refractivity (Wildman–Crippen MR) is 73.9 cm³/mol. The first-order valence-corrected chi connectivity index (χ1v) is 6.91. The first-order chi connectivity index (χ1) is 8.17. The molecule has 1 fully saturated rings. The second-order valence-corrected chi connectivity index (χ2v) is 5.82. The summed E-state index contributed by atoms with van der Waals surface area (Å²) in [5.41, 5.74) is 2.23. The summed E-state index contributed by atoms with van der Waals surface area (Å²) in [5, 5.41) is 12.4. The molecule has 1 aliphatic carbocycles. The average Bonchev–Trinajstić information content (AvgIpc) is 2.27. The lowest BCUT2D eigenvalue weighted by Crippen LogP contribution is -2.35. The maximum absolute atomic E-state index is 8.92. The van der Waals surface area contributed by atoms with Crippen molar-refractivity contribution < 1.29 is 0 Å². The van der Waals surface area contributed by atoms with Gasteiger partial charge in [0.1, 0.15) is 0 Å². The van der Waals surface area contributed by atoms with E-state index in [1.807, 2.05) is 18.2 Å². The summed E-state index contributed by atoms with van der Waals surface area (Å²) in [4.78, 5) is 0. The van der Waals surface area contributed by atoms with Crippen molar-refractivity contribution in [2.24, 2.45) is 5.41 Å². The van der Waals surface area contributed by atoms with Gasteiger partial charge in [0, 0.05) is 16.7 Å². The number of hydrogen-bond acceptors (Lipinski definition) is 2. The van der Waals surface area contributed by atoms with Gasteiger partial charge in [-0.2, -0.15) is 5.26 Å². The standard InChI is InChI=1S/C14H17BrN2/c1-2-14(4-3-5-14)10-17-13-7-11(9-16)6-12(15)8-13/h6-8,17H,2-5,10H2,1H3. The topological polar surface area (TPSA) is 35.8 Å². The molecule has 0 aromatic heterocycles. The molecule has 0 unspecified atom stereocenters. The van der Waals surface area contributed by atoms with Crippen molar-refractivity contribution >= 4 is 21.6 Å². The lowest BCUT2D eigenvalue weighted by Gasteiger charge is -2.41. The van der Waals surface area contributed by atoms with Crippen LogP contribution in [0.1, 0.15) is 38.2 Å². The molecule has 1 saturated carbocycles. The highest BCUT2D eigenvalue weighted by Gasteiger charge is 2.34. The molecule has 3 heteroatoms. The molecule has 1 aromatic rings. The number of benzene rings is 1. The van der Waals surface area contributed by atoms with Crippen LogP contribution in [0.3, 0.4) is 0 Å². The summed E-state index contributed by atoms with van der Waals surface area (Å²) >= 11 is 3.43. The van der Waals surface area contributed by atoms with Crippen LogP contribution in [0.4, 0.5) is 5.69 Å². The highest BCUT2D eigenvalue weighted by molar-refractivity contribution is 9.10. The molecular weight excluding hydrogens is 276 g/mol. The van der Waals surface area contributed by atoms with Crippen LogP contribution in [0, 0.1) is 16.7 Å². The number of hydrogen-bond donors (Lipinski definition) is 1. The molecule has 1 aromatic carbocycles. The maximum atomic E-state index is 8.92. The van der Waals surface area contributed by atoms with E-state index in [0.29, 0.717) is 11.0 Å². The zero-order valence-corrected chi connectivity index (χ0v) is 11.7. The maximum Gasteiger partial charge on any atom is 0.0992 e. The van der Waals surface area contributed by atoms with E-state index in [2.05, 4.69) is 34.2 Å². The zero-order chi connectivity index (χ0) is 12.3. The summed E-state index contributed by atoms with van der Waals surface area (Å²) in [5.74, 6) is 0. The molecular formula is C14H17BrN2. The summed E-state index contributed by atoms with van der Waals surface area (Å²) in [6.07, 6.45) is 5.25. The summed E-state index contributed by atoms with van der Waals surface area (Å²) in [6.45, 7) is 3.28. The third kappa shape index (κ3) is 2.81. The average molecular weight is 293 g/mol. The van der Waals surface area contributed by atoms with Crippen molar-refractivity contribution in [2.45, 2.75) is 32.6 Å². The van der Waals surface area contributed by atoms with Crippen LogP contribution in [0.5, 0.6) is 0 Å². The van der Waals surface area contributed by atoms with Gasteiger partial charge in [-0.05, 0) is 42.9 Å². The number of nitrogens with zero attached hydrogens (tertiary/aromatic N) is 1. The Bertz CT molecular complexity index is 439. The first-order valence-electron chi connectivity index (χ1n) is 6.12. The number of nitriles is 1. The van der Waals surface area contributed by atoms with Gasteiger partial charge in [0.25, 0.3) is 0 Å². The molecule has 2 nitrogen and oxygen atoms in total. The van der Waals surface area contributed by atoms with Gasteiger partial charge in [-0.15, -0.1) is 0 Å². The fourth-order valence-corrected chi connectivity index (χ4v) is 2.87. The monoisotopic (exact) mass is 292 g/mol. The Morgan fingerprint density at radius 2 is 2.18 bits per heavy atom. The summed E-state index contributed by atoms with van der Waals surface area (Å²) in [6, 6.07) is 7.95. The van der Waals surface area contributed by atoms with E-state index < -0.39 is 0 Å². The normalized spacial score (nSPS) is 17.0. The van der Waals surface area contributed by atoms with Gasteiger partial charge in [-0.3, -0.25) is 0 Å². The Morgan fingerprint density at radius 3 is 2.71 bits per heavy atom. The Balaban J connectivity index is 2.04. The Labute approximate surface area is 111 Å². The van der Waals surface area contributed by atoms with E-state index in [1.54, 1.807) is 0 Å². The van der Waals surface area contributed by atoms with Gasteiger partial charge in [-0.1, -0.05) is 29.3 Å². The minimum atomic E-state index is 0.495. The second kappa shape index (κ2) is 5.10. The zero-order valence-electron chi connectivity index (χ0n) is 10.1. The number of rotatable bonds is 4. The largest absolute Gasteiger partial charge is 0.384 e. The van der Waals surface area contributed by atoms with Crippen molar-refractivity contribution in [3.05, 3.63) is 28.2 Å². The van der Waals surface area contributed by atoms with Crippen LogP contribution < -0.4 is 5.32 Å². The lowest BCUT2D eigenvalue weighted by molar-refractivity contribution is 0.145. The van der Waals surface area contributed by atoms with Crippen molar-refractivity contribution in [3.63, 3.8) is 0 Å². The fourth-order valence-electron chi connectivity index (χ4n) is 2.38. The van der Waals surface area contributed by atoms with Crippen LogP contribution in [0.2, 0.25) is 0 Å². The molecule has 2 rings (SSSR count). The Kier molecular flexibility index (Phi) is 3.73. The van der Waals surface area contributed by atoms with Crippen LogP contribution in [-0.4, -0.2) is 6.54 Å². The van der Waals surface area contributed by atoms with Crippen molar-refractivity contribution in [1.29, 1.82) is 5.26 Å². The van der Waals surface area contributed by atoms with Gasteiger partial charge in [0.05, 0.1) is 11.6 Å². The van der Waals surface area contributed by atoms with E-state index in [4.69, 9.17) is 5.26 Å². The Hall–Kier alpha value is -1.01. The van der Waals surface area contributed by atoms with E-state index in [1.165, 1.54) is 25.7 Å². The van der Waals surface area contributed by atoms with Gasteiger partial charge >= 0.3 is 0 Å². The molecule has 0 aliphatic heterocycles. The van der Waals surface area contributed by atoms with E-state index in [0.717, 1.165) is 16.7 Å². The first kappa shape index (κ1) is 12.4. The van der Waals surface area contributed by atoms with E-state index in [9.17, 15) is 0 Å². The van der Waals surface area contributed by atoms with Gasteiger partial charge in [-0.25, -0.2) is 0 Å². The van der Waals surface area contributed by atoms with Crippen molar-refractivity contribution in [2.75, 3.05) is 11.9 Å². The van der Waals surface area contributed by atoms with E-state index >= 15 is 0 Å². The highest BCUT2D eigenvalue weighted by atomic mass is 79.9. The summed E-state index contributed by atoms with van der Waals surface area (Å²) in [7, 11) is 0. The van der Waals surface area contributed by atoms with Crippen LogP contribution in [0.15, 0.2) is 22.7 Å². The molecule has 0 spiro atoms. The third-order valence-electron chi connectivity index (χ3n) is 3.86. The molecule has 0 atom stereocenters. The minimum absolute atomic E-state index is 0.495. The van der Waals surface area contributed by atoms with E-state index in [-0.39, 0.29) is 0 Å². The van der Waals surface area contributed by atoms with Crippen molar-refractivity contribution in [1.82, 2.24) is 0 Å². The number of anilines is 1. The number of halogens is 1. The smallest absolute Gasteiger partial charge is 0.0992 e. The van der Waals surface area contributed by atoms with Crippen LogP contribution in [-0.2, 0) is 0 Å². The van der Waals surface area contributed by atoms with Gasteiger partial charge in [0.2, 0.25) is 0 Å². The number of nitrogens with one attached hydrogen (secondary N) is 1. The molecule has 0 amide bonds. The molecule has 0 radical (unpaired) electrons. The molecule has 17 heavy (non-hydrogen) atoms. The third-order valence-corrected chi connectivity index (χ3v) is 4.32. The predicted octanol–water partition coefficient (Wildman–Crippen LogP) is 4.31. The molecule has 0 saturated heterocycles. The molecule has 90 valence electrons. The second-order valence-electron chi connectivity index (χ2n) is 4.90. The van der Waals surface area contributed by atoms with Crippen LogP contribution >= 0.6 is 15.9 Å². The molecule has 1 aliphatic rings. The lowest BCUT2D eigenvalue weighted by atomic mass is 9.67.